The van der Waals surface area contributed by atoms with Gasteiger partial charge >= 0.3 is 0 Å². The Morgan fingerprint density at radius 1 is 1.25 bits per heavy atom. The molecule has 0 aliphatic heterocycles. The number of hydrogen-bond donors (Lipinski definition) is 2. The van der Waals surface area contributed by atoms with Gasteiger partial charge in [0.2, 0.25) is 5.91 Å². The molecule has 0 bridgehead atoms. The van der Waals surface area contributed by atoms with Crippen LogP contribution in [-0.2, 0) is 10.3 Å². The topological polar surface area (TPSA) is 55.1 Å². The van der Waals surface area contributed by atoms with Crippen molar-refractivity contribution in [3.8, 4) is 0 Å². The summed E-state index contributed by atoms with van der Waals surface area (Å²) >= 11 is 5.95. The molecule has 2 saturated carbocycles. The fourth-order valence-electron chi connectivity index (χ4n) is 3.38. The van der Waals surface area contributed by atoms with Crippen molar-refractivity contribution >= 4 is 17.5 Å². The molecule has 0 radical (unpaired) electrons. The van der Waals surface area contributed by atoms with Crippen LogP contribution in [0.1, 0.15) is 44.1 Å². The molecule has 1 aromatic rings. The van der Waals surface area contributed by atoms with Gasteiger partial charge in [0.1, 0.15) is 0 Å². The first-order valence-electron chi connectivity index (χ1n) is 7.43. The van der Waals surface area contributed by atoms with Crippen molar-refractivity contribution in [2.24, 2.45) is 11.7 Å². The second-order valence-electron chi connectivity index (χ2n) is 6.20. The first kappa shape index (κ1) is 13.9. The zero-order chi connectivity index (χ0) is 14.2. The third-order valence-corrected chi connectivity index (χ3v) is 5.06. The fourth-order valence-corrected chi connectivity index (χ4v) is 3.50. The molecule has 0 spiro atoms. The molecule has 0 aromatic heterocycles. The third-order valence-electron chi connectivity index (χ3n) is 4.81. The number of hydrogen-bond acceptors (Lipinski definition) is 2. The molecule has 1 amide bonds. The molecule has 108 valence electrons. The maximum Gasteiger partial charge on any atom is 0.223 e. The van der Waals surface area contributed by atoms with Crippen LogP contribution >= 0.6 is 11.6 Å². The normalized spacial score (nSPS) is 27.9. The number of nitrogens with one attached hydrogen (secondary N) is 1. The van der Waals surface area contributed by atoms with E-state index < -0.39 is 0 Å². The number of halogens is 1. The largest absolute Gasteiger partial charge is 0.346 e. The Labute approximate surface area is 124 Å². The van der Waals surface area contributed by atoms with Crippen molar-refractivity contribution < 1.29 is 4.79 Å². The maximum absolute atomic E-state index is 12.4. The molecule has 2 aliphatic carbocycles. The zero-order valence-electron chi connectivity index (χ0n) is 11.6. The van der Waals surface area contributed by atoms with E-state index in [-0.39, 0.29) is 23.4 Å². The molecule has 3 rings (SSSR count). The van der Waals surface area contributed by atoms with E-state index in [1.54, 1.807) is 0 Å². The highest BCUT2D eigenvalue weighted by molar-refractivity contribution is 6.30. The summed E-state index contributed by atoms with van der Waals surface area (Å²) in [7, 11) is 0. The Bertz CT molecular complexity index is 496. The highest BCUT2D eigenvalue weighted by Crippen LogP contribution is 2.42. The van der Waals surface area contributed by atoms with Crippen LogP contribution in [0.25, 0.3) is 0 Å². The van der Waals surface area contributed by atoms with E-state index in [0.29, 0.717) is 0 Å². The minimum atomic E-state index is -0.172. The van der Waals surface area contributed by atoms with Gasteiger partial charge in [-0.2, -0.15) is 0 Å². The van der Waals surface area contributed by atoms with Crippen LogP contribution in [0.4, 0.5) is 0 Å². The Hall–Kier alpha value is -1.06. The molecule has 2 atom stereocenters. The van der Waals surface area contributed by atoms with E-state index in [1.807, 2.05) is 24.3 Å². The molecule has 4 heteroatoms. The summed E-state index contributed by atoms with van der Waals surface area (Å²) in [5, 5.41) is 4.02. The first-order chi connectivity index (χ1) is 9.59. The summed E-state index contributed by atoms with van der Waals surface area (Å²) in [6, 6.07) is 8.05. The lowest BCUT2D eigenvalue weighted by Gasteiger charge is -2.43. The summed E-state index contributed by atoms with van der Waals surface area (Å²) in [6.45, 7) is 0. The highest BCUT2D eigenvalue weighted by Gasteiger charge is 2.41. The smallest absolute Gasteiger partial charge is 0.223 e. The van der Waals surface area contributed by atoms with Crippen LogP contribution in [0, 0.1) is 5.92 Å². The van der Waals surface area contributed by atoms with E-state index in [9.17, 15) is 4.79 Å². The molecular formula is C16H21ClN2O. The predicted molar refractivity (Wildman–Crippen MR) is 80.4 cm³/mol. The minimum absolute atomic E-state index is 0.0924. The SMILES string of the molecule is N[C@H]1CC[C@@H](C(=O)NC2(c3ccc(Cl)cc3)CCC2)C1. The summed E-state index contributed by atoms with van der Waals surface area (Å²) in [5.41, 5.74) is 6.90. The van der Waals surface area contributed by atoms with Crippen molar-refractivity contribution in [1.29, 1.82) is 0 Å². The summed E-state index contributed by atoms with van der Waals surface area (Å²) in [4.78, 5) is 12.4. The molecule has 1 aromatic carbocycles. The fraction of sp³-hybridized carbons (Fsp3) is 0.562. The lowest BCUT2D eigenvalue weighted by Crippen LogP contribution is -2.52. The summed E-state index contributed by atoms with van der Waals surface area (Å²) in [5.74, 6) is 0.266. The summed E-state index contributed by atoms with van der Waals surface area (Å²) < 4.78 is 0. The lowest BCUT2D eigenvalue weighted by atomic mass is 9.71. The van der Waals surface area contributed by atoms with Crippen molar-refractivity contribution in [1.82, 2.24) is 5.32 Å². The standard InChI is InChI=1S/C16H21ClN2O/c17-13-5-3-12(4-6-13)16(8-1-9-16)19-15(20)11-2-7-14(18)10-11/h3-6,11,14H,1-2,7-10,18H2,(H,19,20)/t11-,14+/m1/s1. The molecule has 3 nitrogen and oxygen atoms in total. The lowest BCUT2D eigenvalue weighted by molar-refractivity contribution is -0.128. The van der Waals surface area contributed by atoms with Crippen molar-refractivity contribution in [2.45, 2.75) is 50.1 Å². The Morgan fingerprint density at radius 2 is 1.95 bits per heavy atom. The van der Waals surface area contributed by atoms with E-state index in [2.05, 4.69) is 5.32 Å². The number of benzene rings is 1. The quantitative estimate of drug-likeness (QED) is 0.900. The summed E-state index contributed by atoms with van der Waals surface area (Å²) in [6.07, 6.45) is 5.89. The van der Waals surface area contributed by atoms with E-state index in [0.717, 1.165) is 43.5 Å². The average Bonchev–Trinajstić information content (AvgIpc) is 2.82. The second kappa shape index (κ2) is 5.38. The van der Waals surface area contributed by atoms with Crippen LogP contribution in [0.15, 0.2) is 24.3 Å². The van der Waals surface area contributed by atoms with Gasteiger partial charge in [0, 0.05) is 17.0 Å². The van der Waals surface area contributed by atoms with Gasteiger partial charge in [-0.3, -0.25) is 4.79 Å². The number of carbonyl (C=O) groups is 1. The molecule has 2 fully saturated rings. The molecular weight excluding hydrogens is 272 g/mol. The van der Waals surface area contributed by atoms with Crippen LogP contribution in [-0.4, -0.2) is 11.9 Å². The van der Waals surface area contributed by atoms with E-state index >= 15 is 0 Å². The molecule has 0 saturated heterocycles. The van der Waals surface area contributed by atoms with Crippen molar-refractivity contribution in [3.63, 3.8) is 0 Å². The van der Waals surface area contributed by atoms with Gasteiger partial charge in [-0.05, 0) is 56.2 Å². The minimum Gasteiger partial charge on any atom is -0.346 e. The van der Waals surface area contributed by atoms with Crippen molar-refractivity contribution in [2.75, 3.05) is 0 Å². The Balaban J connectivity index is 1.73. The molecule has 20 heavy (non-hydrogen) atoms. The number of rotatable bonds is 3. The van der Waals surface area contributed by atoms with Crippen LogP contribution in [0.5, 0.6) is 0 Å². The number of nitrogens with two attached hydrogens (primary N) is 1. The maximum atomic E-state index is 12.4. The zero-order valence-corrected chi connectivity index (χ0v) is 12.3. The van der Waals surface area contributed by atoms with Gasteiger partial charge in [0.15, 0.2) is 0 Å². The Morgan fingerprint density at radius 3 is 2.45 bits per heavy atom. The highest BCUT2D eigenvalue weighted by atomic mass is 35.5. The van der Waals surface area contributed by atoms with Gasteiger partial charge in [0.25, 0.3) is 0 Å². The van der Waals surface area contributed by atoms with Crippen LogP contribution < -0.4 is 11.1 Å². The second-order valence-corrected chi connectivity index (χ2v) is 6.64. The number of carbonyl (C=O) groups excluding carboxylic acids is 1. The van der Waals surface area contributed by atoms with Gasteiger partial charge in [-0.25, -0.2) is 0 Å². The van der Waals surface area contributed by atoms with Crippen LogP contribution in [0.2, 0.25) is 5.02 Å². The van der Waals surface area contributed by atoms with E-state index in [1.165, 1.54) is 5.56 Å². The van der Waals surface area contributed by atoms with Gasteiger partial charge < -0.3 is 11.1 Å². The Kier molecular flexibility index (Phi) is 3.74. The van der Waals surface area contributed by atoms with Gasteiger partial charge in [0.05, 0.1) is 5.54 Å². The molecule has 3 N–H and O–H groups in total. The van der Waals surface area contributed by atoms with Crippen molar-refractivity contribution in [3.05, 3.63) is 34.9 Å². The third kappa shape index (κ3) is 2.57. The monoisotopic (exact) mass is 292 g/mol. The van der Waals surface area contributed by atoms with Gasteiger partial charge in [-0.15, -0.1) is 0 Å². The van der Waals surface area contributed by atoms with E-state index in [4.69, 9.17) is 17.3 Å². The molecule has 0 heterocycles. The first-order valence-corrected chi connectivity index (χ1v) is 7.80. The average molecular weight is 293 g/mol. The predicted octanol–water partition coefficient (Wildman–Crippen LogP) is 2.96. The van der Waals surface area contributed by atoms with Gasteiger partial charge in [-0.1, -0.05) is 23.7 Å². The number of amides is 1. The molecule has 2 aliphatic rings. The molecule has 0 unspecified atom stereocenters. The van der Waals surface area contributed by atoms with Crippen LogP contribution in [0.3, 0.4) is 0 Å².